The summed E-state index contributed by atoms with van der Waals surface area (Å²) < 4.78 is 0. The van der Waals surface area contributed by atoms with Crippen LogP contribution in [0.3, 0.4) is 0 Å². The Morgan fingerprint density at radius 1 is 1.11 bits per heavy atom. The van der Waals surface area contributed by atoms with Gasteiger partial charge in [-0.25, -0.2) is 9.97 Å². The largest absolute Gasteiger partial charge is 0.373 e. The van der Waals surface area contributed by atoms with E-state index in [1.807, 2.05) is 27.0 Å². The predicted octanol–water partition coefficient (Wildman–Crippen LogP) is 1.79. The molecule has 6 heteroatoms. The first-order valence-corrected chi connectivity index (χ1v) is 6.28. The molecule has 6 nitrogen and oxygen atoms in total. The first kappa shape index (κ1) is 13.2. The Kier molecular flexibility index (Phi) is 4.22. The molecule has 0 spiro atoms. The number of aryl methyl sites for hydroxylation is 2. The second kappa shape index (κ2) is 6.08. The lowest BCUT2D eigenvalue weighted by Crippen LogP contribution is -2.07. The van der Waals surface area contributed by atoms with Gasteiger partial charge in [-0.15, -0.1) is 0 Å². The summed E-state index contributed by atoms with van der Waals surface area (Å²) in [7, 11) is 1.84. The van der Waals surface area contributed by atoms with E-state index >= 15 is 0 Å². The Hall–Kier alpha value is -2.24. The summed E-state index contributed by atoms with van der Waals surface area (Å²) in [5.74, 6) is 2.41. The van der Waals surface area contributed by atoms with Crippen LogP contribution in [-0.4, -0.2) is 27.0 Å². The molecule has 2 heterocycles. The van der Waals surface area contributed by atoms with Crippen molar-refractivity contribution in [3.05, 3.63) is 35.7 Å². The van der Waals surface area contributed by atoms with E-state index in [0.29, 0.717) is 6.54 Å². The van der Waals surface area contributed by atoms with Crippen molar-refractivity contribution in [2.75, 3.05) is 17.7 Å². The highest BCUT2D eigenvalue weighted by atomic mass is 15.1. The van der Waals surface area contributed by atoms with Gasteiger partial charge in [0, 0.05) is 25.7 Å². The molecule has 0 aliphatic rings. The molecule has 0 radical (unpaired) electrons. The van der Waals surface area contributed by atoms with E-state index in [4.69, 9.17) is 0 Å². The Bertz CT molecular complexity index is 515. The molecule has 2 aromatic rings. The highest BCUT2D eigenvalue weighted by Gasteiger charge is 2.03. The second-order valence-corrected chi connectivity index (χ2v) is 4.16. The Labute approximate surface area is 112 Å². The van der Waals surface area contributed by atoms with E-state index in [1.165, 1.54) is 0 Å². The zero-order valence-corrected chi connectivity index (χ0v) is 11.4. The normalized spacial score (nSPS) is 10.3. The molecular formula is C13H18N6. The van der Waals surface area contributed by atoms with Gasteiger partial charge in [0.25, 0.3) is 0 Å². The van der Waals surface area contributed by atoms with Crippen LogP contribution in [0.15, 0.2) is 18.5 Å². The lowest BCUT2D eigenvalue weighted by atomic mass is 10.4. The van der Waals surface area contributed by atoms with Gasteiger partial charge in [-0.05, 0) is 6.92 Å². The third-order valence-electron chi connectivity index (χ3n) is 2.63. The van der Waals surface area contributed by atoms with E-state index in [9.17, 15) is 0 Å². The van der Waals surface area contributed by atoms with Crippen molar-refractivity contribution in [3.8, 4) is 0 Å². The van der Waals surface area contributed by atoms with Crippen LogP contribution in [0.5, 0.6) is 0 Å². The summed E-state index contributed by atoms with van der Waals surface area (Å²) in [5.41, 5.74) is 1.80. The van der Waals surface area contributed by atoms with Crippen molar-refractivity contribution >= 4 is 11.6 Å². The molecule has 100 valence electrons. The molecule has 2 N–H and O–H groups in total. The number of rotatable bonds is 5. The lowest BCUT2D eigenvalue weighted by molar-refractivity contribution is 0.923. The minimum atomic E-state index is 0.594. The van der Waals surface area contributed by atoms with Crippen LogP contribution in [0.1, 0.15) is 24.1 Å². The smallest absolute Gasteiger partial charge is 0.132 e. The summed E-state index contributed by atoms with van der Waals surface area (Å²) in [6.07, 6.45) is 4.32. The number of anilines is 2. The average molecular weight is 258 g/mol. The van der Waals surface area contributed by atoms with E-state index in [2.05, 4.69) is 30.6 Å². The third kappa shape index (κ3) is 3.61. The van der Waals surface area contributed by atoms with Gasteiger partial charge < -0.3 is 10.6 Å². The molecule has 0 aliphatic heterocycles. The SMILES string of the molecule is CCc1nc(NC)cc(NCc2cnc(C)cn2)n1. The van der Waals surface area contributed by atoms with Crippen LogP contribution >= 0.6 is 0 Å². The van der Waals surface area contributed by atoms with E-state index in [0.717, 1.165) is 35.3 Å². The molecule has 0 atom stereocenters. The van der Waals surface area contributed by atoms with Gasteiger partial charge in [-0.3, -0.25) is 9.97 Å². The maximum absolute atomic E-state index is 4.42. The minimum absolute atomic E-state index is 0.594. The van der Waals surface area contributed by atoms with Crippen LogP contribution in [-0.2, 0) is 13.0 Å². The zero-order valence-electron chi connectivity index (χ0n) is 11.4. The van der Waals surface area contributed by atoms with Crippen molar-refractivity contribution in [3.63, 3.8) is 0 Å². The maximum atomic E-state index is 4.42. The summed E-state index contributed by atoms with van der Waals surface area (Å²) in [6.45, 7) is 4.54. The molecule has 0 saturated carbocycles. The summed E-state index contributed by atoms with van der Waals surface area (Å²) in [4.78, 5) is 17.3. The Morgan fingerprint density at radius 2 is 1.89 bits per heavy atom. The van der Waals surface area contributed by atoms with Crippen molar-refractivity contribution in [2.24, 2.45) is 0 Å². The van der Waals surface area contributed by atoms with E-state index in [-0.39, 0.29) is 0 Å². The Morgan fingerprint density at radius 3 is 2.53 bits per heavy atom. The molecule has 0 aromatic carbocycles. The topological polar surface area (TPSA) is 75.6 Å². The summed E-state index contributed by atoms with van der Waals surface area (Å²) in [5, 5.41) is 6.26. The van der Waals surface area contributed by atoms with Gasteiger partial charge in [0.15, 0.2) is 0 Å². The molecule has 19 heavy (non-hydrogen) atoms. The highest BCUT2D eigenvalue weighted by molar-refractivity contribution is 5.47. The van der Waals surface area contributed by atoms with Gasteiger partial charge in [0.1, 0.15) is 17.5 Å². The maximum Gasteiger partial charge on any atom is 0.132 e. The molecule has 2 rings (SSSR count). The number of aromatic nitrogens is 4. The standard InChI is InChI=1S/C13H18N6/c1-4-11-18-12(14-3)5-13(19-11)17-8-10-7-15-9(2)6-16-10/h5-7H,4,8H2,1-3H3,(H2,14,17,18,19). The fourth-order valence-electron chi connectivity index (χ4n) is 1.57. The molecule has 2 aromatic heterocycles. The van der Waals surface area contributed by atoms with E-state index < -0.39 is 0 Å². The quantitative estimate of drug-likeness (QED) is 0.851. The number of nitrogens with zero attached hydrogens (tertiary/aromatic N) is 4. The van der Waals surface area contributed by atoms with Crippen molar-refractivity contribution < 1.29 is 0 Å². The first-order chi connectivity index (χ1) is 9.21. The number of hydrogen-bond acceptors (Lipinski definition) is 6. The molecule has 0 bridgehead atoms. The monoisotopic (exact) mass is 258 g/mol. The van der Waals surface area contributed by atoms with Gasteiger partial charge in [-0.1, -0.05) is 6.92 Å². The van der Waals surface area contributed by atoms with Crippen molar-refractivity contribution in [1.29, 1.82) is 0 Å². The molecule has 0 amide bonds. The van der Waals surface area contributed by atoms with Crippen LogP contribution in [0.4, 0.5) is 11.6 Å². The minimum Gasteiger partial charge on any atom is -0.373 e. The second-order valence-electron chi connectivity index (χ2n) is 4.16. The number of hydrogen-bond donors (Lipinski definition) is 2. The number of nitrogens with one attached hydrogen (secondary N) is 2. The fourth-order valence-corrected chi connectivity index (χ4v) is 1.57. The fraction of sp³-hybridized carbons (Fsp3) is 0.385. The van der Waals surface area contributed by atoms with Crippen LogP contribution < -0.4 is 10.6 Å². The molecule has 0 fully saturated rings. The summed E-state index contributed by atoms with van der Waals surface area (Å²) >= 11 is 0. The van der Waals surface area contributed by atoms with Gasteiger partial charge in [0.05, 0.1) is 24.1 Å². The van der Waals surface area contributed by atoms with Gasteiger partial charge in [0.2, 0.25) is 0 Å². The molecule has 0 saturated heterocycles. The zero-order chi connectivity index (χ0) is 13.7. The van der Waals surface area contributed by atoms with Crippen molar-refractivity contribution in [1.82, 2.24) is 19.9 Å². The van der Waals surface area contributed by atoms with Crippen LogP contribution in [0, 0.1) is 6.92 Å². The van der Waals surface area contributed by atoms with E-state index in [1.54, 1.807) is 12.4 Å². The van der Waals surface area contributed by atoms with Gasteiger partial charge >= 0.3 is 0 Å². The Balaban J connectivity index is 2.08. The third-order valence-corrected chi connectivity index (χ3v) is 2.63. The molecule has 0 aliphatic carbocycles. The lowest BCUT2D eigenvalue weighted by Gasteiger charge is -2.08. The van der Waals surface area contributed by atoms with Crippen molar-refractivity contribution in [2.45, 2.75) is 26.8 Å². The predicted molar refractivity (Wildman–Crippen MR) is 75.1 cm³/mol. The molecular weight excluding hydrogens is 240 g/mol. The summed E-state index contributed by atoms with van der Waals surface area (Å²) in [6, 6.07) is 1.88. The van der Waals surface area contributed by atoms with Crippen LogP contribution in [0.2, 0.25) is 0 Å². The first-order valence-electron chi connectivity index (χ1n) is 6.28. The van der Waals surface area contributed by atoms with Gasteiger partial charge in [-0.2, -0.15) is 0 Å². The highest BCUT2D eigenvalue weighted by Crippen LogP contribution is 2.12. The average Bonchev–Trinajstić information content (AvgIpc) is 2.46. The molecule has 0 unspecified atom stereocenters. The van der Waals surface area contributed by atoms with Crippen LogP contribution in [0.25, 0.3) is 0 Å².